The number of carbonyl (C=O) groups excluding carboxylic acids is 1. The average Bonchev–Trinajstić information content (AvgIpc) is 2.47. The molecule has 0 radical (unpaired) electrons. The summed E-state index contributed by atoms with van der Waals surface area (Å²) in [5.41, 5.74) is 2.99. The molecule has 0 saturated heterocycles. The molecule has 0 saturated carbocycles. The Labute approximate surface area is 128 Å². The maximum atomic E-state index is 11.1. The van der Waals surface area contributed by atoms with Crippen LogP contribution in [0.15, 0.2) is 24.4 Å². The van der Waals surface area contributed by atoms with Crippen molar-refractivity contribution in [3.63, 3.8) is 0 Å². The fraction of sp³-hybridized carbons (Fsp3) is 0.250. The number of hydrogen-bond acceptors (Lipinski definition) is 4. The van der Waals surface area contributed by atoms with Gasteiger partial charge < -0.3 is 9.47 Å². The number of pyridine rings is 1. The first-order valence-electron chi connectivity index (χ1n) is 6.44. The summed E-state index contributed by atoms with van der Waals surface area (Å²) >= 11 is 5.96. The Balaban J connectivity index is 2.25. The lowest BCUT2D eigenvalue weighted by Crippen LogP contribution is -2.05. The maximum Gasteiger partial charge on any atom is 0.155 e. The van der Waals surface area contributed by atoms with E-state index in [0.29, 0.717) is 22.6 Å². The number of halogens is 1. The predicted molar refractivity (Wildman–Crippen MR) is 81.4 cm³/mol. The molecule has 0 bridgehead atoms. The van der Waals surface area contributed by atoms with Crippen molar-refractivity contribution in [2.75, 3.05) is 7.11 Å². The number of aromatic nitrogens is 1. The number of aldehydes is 1. The van der Waals surface area contributed by atoms with E-state index < -0.39 is 0 Å². The zero-order chi connectivity index (χ0) is 15.4. The summed E-state index contributed by atoms with van der Waals surface area (Å²) in [6.07, 6.45) is 2.43. The number of hydrogen-bond donors (Lipinski definition) is 0. The molecule has 0 fully saturated rings. The topological polar surface area (TPSA) is 48.4 Å². The fourth-order valence-corrected chi connectivity index (χ4v) is 2.33. The van der Waals surface area contributed by atoms with Gasteiger partial charge in [-0.25, -0.2) is 0 Å². The Morgan fingerprint density at radius 3 is 2.76 bits per heavy atom. The monoisotopic (exact) mass is 305 g/mol. The first kappa shape index (κ1) is 15.3. The second-order valence-corrected chi connectivity index (χ2v) is 5.01. The zero-order valence-electron chi connectivity index (χ0n) is 12.1. The molecule has 0 aliphatic carbocycles. The molecular weight excluding hydrogens is 290 g/mol. The van der Waals surface area contributed by atoms with Crippen molar-refractivity contribution in [1.29, 1.82) is 0 Å². The van der Waals surface area contributed by atoms with E-state index in [1.165, 1.54) is 0 Å². The summed E-state index contributed by atoms with van der Waals surface area (Å²) in [6.45, 7) is 4.10. The van der Waals surface area contributed by atoms with Gasteiger partial charge in [0.2, 0.25) is 0 Å². The molecule has 110 valence electrons. The van der Waals surface area contributed by atoms with Crippen LogP contribution in [0.4, 0.5) is 0 Å². The molecule has 2 aromatic rings. The Morgan fingerprint density at radius 1 is 1.33 bits per heavy atom. The number of carbonyl (C=O) groups is 1. The molecule has 4 nitrogen and oxygen atoms in total. The Bertz CT molecular complexity index is 671. The lowest BCUT2D eigenvalue weighted by Gasteiger charge is -2.14. The van der Waals surface area contributed by atoms with Gasteiger partial charge >= 0.3 is 0 Å². The highest BCUT2D eigenvalue weighted by atomic mass is 35.5. The second kappa shape index (κ2) is 6.59. The summed E-state index contributed by atoms with van der Waals surface area (Å²) in [7, 11) is 1.63. The van der Waals surface area contributed by atoms with Crippen LogP contribution in [0.5, 0.6) is 11.5 Å². The first-order chi connectivity index (χ1) is 10.1. The molecule has 0 atom stereocenters. The van der Waals surface area contributed by atoms with E-state index in [1.54, 1.807) is 31.5 Å². The number of ether oxygens (including phenoxy) is 2. The van der Waals surface area contributed by atoms with Gasteiger partial charge in [-0.3, -0.25) is 9.78 Å². The van der Waals surface area contributed by atoms with Crippen LogP contribution < -0.4 is 9.47 Å². The quantitative estimate of drug-likeness (QED) is 0.789. The van der Waals surface area contributed by atoms with Crippen molar-refractivity contribution < 1.29 is 14.3 Å². The van der Waals surface area contributed by atoms with Crippen LogP contribution >= 0.6 is 11.6 Å². The van der Waals surface area contributed by atoms with Crippen molar-refractivity contribution in [3.8, 4) is 11.5 Å². The summed E-state index contributed by atoms with van der Waals surface area (Å²) in [4.78, 5) is 15.4. The summed E-state index contributed by atoms with van der Waals surface area (Å²) in [5, 5.41) is 0.369. The smallest absolute Gasteiger partial charge is 0.155 e. The SMILES string of the molecule is COc1c(C)cnc(COc2cccc(Cl)c2C=O)c1C. The van der Waals surface area contributed by atoms with Gasteiger partial charge in [0, 0.05) is 17.3 Å². The van der Waals surface area contributed by atoms with Crippen LogP contribution in [-0.4, -0.2) is 18.4 Å². The van der Waals surface area contributed by atoms with E-state index in [0.717, 1.165) is 22.6 Å². The van der Waals surface area contributed by atoms with Gasteiger partial charge in [0.05, 0.1) is 23.4 Å². The van der Waals surface area contributed by atoms with Crippen molar-refractivity contribution in [2.24, 2.45) is 0 Å². The predicted octanol–water partition coefficient (Wildman–Crippen LogP) is 3.75. The van der Waals surface area contributed by atoms with Gasteiger partial charge in [0.25, 0.3) is 0 Å². The molecule has 5 heteroatoms. The minimum atomic E-state index is 0.240. The second-order valence-electron chi connectivity index (χ2n) is 4.60. The average molecular weight is 306 g/mol. The number of methoxy groups -OCH3 is 1. The van der Waals surface area contributed by atoms with Crippen LogP contribution in [0.2, 0.25) is 5.02 Å². The third-order valence-corrected chi connectivity index (χ3v) is 3.57. The molecule has 0 spiro atoms. The molecule has 1 aromatic carbocycles. The molecule has 0 unspecified atom stereocenters. The van der Waals surface area contributed by atoms with Crippen LogP contribution in [0.1, 0.15) is 27.2 Å². The summed E-state index contributed by atoms with van der Waals surface area (Å²) in [6, 6.07) is 5.09. The number of nitrogens with zero attached hydrogens (tertiary/aromatic N) is 1. The van der Waals surface area contributed by atoms with Gasteiger partial charge in [-0.1, -0.05) is 17.7 Å². The molecule has 0 aliphatic rings. The standard InChI is InChI=1S/C16H16ClNO3/c1-10-7-18-14(11(2)16(10)20-3)9-21-15-6-4-5-13(17)12(15)8-19/h4-8H,9H2,1-3H3. The molecule has 21 heavy (non-hydrogen) atoms. The third-order valence-electron chi connectivity index (χ3n) is 3.24. The molecule has 0 aliphatic heterocycles. The van der Waals surface area contributed by atoms with E-state index in [4.69, 9.17) is 21.1 Å². The normalized spacial score (nSPS) is 10.3. The third kappa shape index (κ3) is 3.16. The van der Waals surface area contributed by atoms with Gasteiger partial charge in [-0.05, 0) is 26.0 Å². The lowest BCUT2D eigenvalue weighted by molar-refractivity contribution is 0.111. The van der Waals surface area contributed by atoms with Crippen LogP contribution in [-0.2, 0) is 6.61 Å². The van der Waals surface area contributed by atoms with Crippen molar-refractivity contribution in [2.45, 2.75) is 20.5 Å². The summed E-state index contributed by atoms with van der Waals surface area (Å²) in [5.74, 6) is 1.24. The molecule has 1 aromatic heterocycles. The van der Waals surface area contributed by atoms with E-state index in [-0.39, 0.29) is 6.61 Å². The summed E-state index contributed by atoms with van der Waals surface area (Å²) < 4.78 is 11.0. The van der Waals surface area contributed by atoms with Crippen LogP contribution in [0.25, 0.3) is 0 Å². The van der Waals surface area contributed by atoms with Crippen molar-refractivity contribution in [1.82, 2.24) is 4.98 Å². The fourth-order valence-electron chi connectivity index (χ4n) is 2.12. The van der Waals surface area contributed by atoms with E-state index in [1.807, 2.05) is 13.8 Å². The molecular formula is C16H16ClNO3. The largest absolute Gasteiger partial charge is 0.496 e. The molecule has 0 amide bonds. The molecule has 1 heterocycles. The van der Waals surface area contributed by atoms with Crippen LogP contribution in [0, 0.1) is 13.8 Å². The van der Waals surface area contributed by atoms with Gasteiger partial charge in [-0.2, -0.15) is 0 Å². The highest BCUT2D eigenvalue weighted by Gasteiger charge is 2.12. The Morgan fingerprint density at radius 2 is 2.10 bits per heavy atom. The maximum absolute atomic E-state index is 11.1. The lowest BCUT2D eigenvalue weighted by atomic mass is 10.1. The minimum absolute atomic E-state index is 0.240. The Hall–Kier alpha value is -2.07. The van der Waals surface area contributed by atoms with E-state index in [2.05, 4.69) is 4.98 Å². The number of aryl methyl sites for hydroxylation is 1. The highest BCUT2D eigenvalue weighted by molar-refractivity contribution is 6.33. The van der Waals surface area contributed by atoms with Crippen molar-refractivity contribution >= 4 is 17.9 Å². The number of benzene rings is 1. The van der Waals surface area contributed by atoms with Crippen LogP contribution in [0.3, 0.4) is 0 Å². The van der Waals surface area contributed by atoms with E-state index >= 15 is 0 Å². The highest BCUT2D eigenvalue weighted by Crippen LogP contribution is 2.27. The van der Waals surface area contributed by atoms with Crippen molar-refractivity contribution in [3.05, 3.63) is 51.8 Å². The molecule has 2 rings (SSSR count). The minimum Gasteiger partial charge on any atom is -0.496 e. The zero-order valence-corrected chi connectivity index (χ0v) is 12.9. The first-order valence-corrected chi connectivity index (χ1v) is 6.81. The number of rotatable bonds is 5. The van der Waals surface area contributed by atoms with E-state index in [9.17, 15) is 4.79 Å². The Kier molecular flexibility index (Phi) is 4.81. The van der Waals surface area contributed by atoms with Gasteiger partial charge in [-0.15, -0.1) is 0 Å². The van der Waals surface area contributed by atoms with Gasteiger partial charge in [0.15, 0.2) is 6.29 Å². The van der Waals surface area contributed by atoms with Gasteiger partial charge in [0.1, 0.15) is 18.1 Å². The molecule has 0 N–H and O–H groups in total.